The summed E-state index contributed by atoms with van der Waals surface area (Å²) in [5.74, 6) is 2.38. The van der Waals surface area contributed by atoms with Crippen LogP contribution in [0, 0.1) is 0 Å². The molecule has 1 saturated heterocycles. The zero-order valence-electron chi connectivity index (χ0n) is 17.6. The molecule has 1 atom stereocenters. The van der Waals surface area contributed by atoms with Gasteiger partial charge in [-0.2, -0.15) is 0 Å². The Morgan fingerprint density at radius 3 is 2.69 bits per heavy atom. The Hall–Kier alpha value is -1.80. The van der Waals surface area contributed by atoms with E-state index in [0.29, 0.717) is 32.0 Å². The van der Waals surface area contributed by atoms with Gasteiger partial charge in [-0.15, -0.1) is 0 Å². The van der Waals surface area contributed by atoms with E-state index in [1.165, 1.54) is 5.56 Å². The van der Waals surface area contributed by atoms with Crippen molar-refractivity contribution in [1.82, 2.24) is 14.9 Å². The van der Waals surface area contributed by atoms with Crippen molar-refractivity contribution in [2.75, 3.05) is 38.5 Å². The van der Waals surface area contributed by atoms with Gasteiger partial charge in [0, 0.05) is 38.1 Å². The van der Waals surface area contributed by atoms with Gasteiger partial charge < -0.3 is 15.4 Å². The fourth-order valence-electron chi connectivity index (χ4n) is 3.99. The minimum absolute atomic E-state index is 0.238. The van der Waals surface area contributed by atoms with Gasteiger partial charge in [0.15, 0.2) is 5.96 Å². The number of fused-ring (bicyclic) bond motifs is 1. The van der Waals surface area contributed by atoms with Crippen molar-refractivity contribution in [3.05, 3.63) is 29.8 Å². The molecule has 7 nitrogen and oxygen atoms in total. The lowest BCUT2D eigenvalue weighted by Gasteiger charge is -2.32. The second-order valence-corrected chi connectivity index (χ2v) is 9.81. The van der Waals surface area contributed by atoms with Crippen molar-refractivity contribution in [3.63, 3.8) is 0 Å². The van der Waals surface area contributed by atoms with Crippen molar-refractivity contribution in [2.24, 2.45) is 4.99 Å². The van der Waals surface area contributed by atoms with Gasteiger partial charge in [0.05, 0.1) is 12.4 Å². The first-order chi connectivity index (χ1) is 14.0. The molecule has 0 radical (unpaired) electrons. The SMILES string of the molecule is CCCS(=O)(=O)N1CCC(NC(=NCC2CCOc3ccccc32)NCC)CC1. The van der Waals surface area contributed by atoms with E-state index in [-0.39, 0.29) is 11.8 Å². The van der Waals surface area contributed by atoms with Gasteiger partial charge in [-0.05, 0) is 44.2 Å². The van der Waals surface area contributed by atoms with Crippen LogP contribution in [0.1, 0.15) is 51.0 Å². The van der Waals surface area contributed by atoms with Crippen LogP contribution in [0.5, 0.6) is 5.75 Å². The van der Waals surface area contributed by atoms with E-state index in [4.69, 9.17) is 9.73 Å². The Kier molecular flexibility index (Phi) is 7.77. The number of nitrogens with zero attached hydrogens (tertiary/aromatic N) is 2. The van der Waals surface area contributed by atoms with Crippen LogP contribution in [-0.4, -0.2) is 63.3 Å². The van der Waals surface area contributed by atoms with Crippen LogP contribution < -0.4 is 15.4 Å². The third-order valence-electron chi connectivity index (χ3n) is 5.55. The Morgan fingerprint density at radius 2 is 1.97 bits per heavy atom. The number of para-hydroxylation sites is 1. The molecule has 29 heavy (non-hydrogen) atoms. The lowest BCUT2D eigenvalue weighted by Crippen LogP contribution is -2.50. The lowest BCUT2D eigenvalue weighted by atomic mass is 9.93. The predicted octanol–water partition coefficient (Wildman–Crippen LogP) is 2.31. The molecule has 2 N–H and O–H groups in total. The molecule has 162 valence electrons. The molecule has 0 spiro atoms. The summed E-state index contributed by atoms with van der Waals surface area (Å²) in [6.45, 7) is 7.34. The molecule has 2 aliphatic heterocycles. The quantitative estimate of drug-likeness (QED) is 0.520. The van der Waals surface area contributed by atoms with E-state index in [1.54, 1.807) is 4.31 Å². The summed E-state index contributed by atoms with van der Waals surface area (Å²) >= 11 is 0. The Labute approximate surface area is 175 Å². The van der Waals surface area contributed by atoms with Crippen molar-refractivity contribution in [3.8, 4) is 5.75 Å². The van der Waals surface area contributed by atoms with Gasteiger partial charge in [0.1, 0.15) is 5.75 Å². The van der Waals surface area contributed by atoms with Crippen LogP contribution in [-0.2, 0) is 10.0 Å². The zero-order valence-corrected chi connectivity index (χ0v) is 18.4. The number of rotatable bonds is 7. The summed E-state index contributed by atoms with van der Waals surface area (Å²) in [5, 5.41) is 6.84. The molecule has 1 aromatic carbocycles. The highest BCUT2D eigenvalue weighted by molar-refractivity contribution is 7.89. The number of benzene rings is 1. The summed E-state index contributed by atoms with van der Waals surface area (Å²) in [4.78, 5) is 4.83. The minimum Gasteiger partial charge on any atom is -0.493 e. The van der Waals surface area contributed by atoms with E-state index in [1.807, 2.05) is 25.1 Å². The first-order valence-electron chi connectivity index (χ1n) is 10.8. The van der Waals surface area contributed by atoms with Crippen LogP contribution >= 0.6 is 0 Å². The van der Waals surface area contributed by atoms with E-state index in [0.717, 1.165) is 44.1 Å². The molecular weight excluding hydrogens is 388 g/mol. The normalized spacial score (nSPS) is 21.3. The Morgan fingerprint density at radius 1 is 1.21 bits per heavy atom. The molecule has 1 fully saturated rings. The third-order valence-corrected chi connectivity index (χ3v) is 7.62. The summed E-state index contributed by atoms with van der Waals surface area (Å²) < 4.78 is 31.9. The molecule has 2 aliphatic rings. The number of ether oxygens (including phenoxy) is 1. The predicted molar refractivity (Wildman–Crippen MR) is 117 cm³/mol. The molecule has 8 heteroatoms. The molecule has 0 amide bonds. The van der Waals surface area contributed by atoms with Crippen LogP contribution in [0.4, 0.5) is 0 Å². The fourth-order valence-corrected chi connectivity index (χ4v) is 5.53. The molecule has 0 bridgehead atoms. The maximum Gasteiger partial charge on any atom is 0.214 e. The average molecular weight is 423 g/mol. The highest BCUT2D eigenvalue weighted by Crippen LogP contribution is 2.33. The second kappa shape index (κ2) is 10.3. The van der Waals surface area contributed by atoms with Crippen molar-refractivity contribution in [1.29, 1.82) is 0 Å². The van der Waals surface area contributed by atoms with Crippen LogP contribution in [0.15, 0.2) is 29.3 Å². The van der Waals surface area contributed by atoms with Crippen molar-refractivity contribution >= 4 is 16.0 Å². The molecule has 0 aliphatic carbocycles. The van der Waals surface area contributed by atoms with E-state index in [9.17, 15) is 8.42 Å². The monoisotopic (exact) mass is 422 g/mol. The van der Waals surface area contributed by atoms with Crippen molar-refractivity contribution in [2.45, 2.75) is 51.5 Å². The second-order valence-electron chi connectivity index (χ2n) is 7.73. The average Bonchev–Trinajstić information content (AvgIpc) is 2.72. The van der Waals surface area contributed by atoms with E-state index in [2.05, 4.69) is 23.6 Å². The summed E-state index contributed by atoms with van der Waals surface area (Å²) in [5.41, 5.74) is 1.23. The molecule has 0 saturated carbocycles. The van der Waals surface area contributed by atoms with E-state index >= 15 is 0 Å². The number of hydrogen-bond donors (Lipinski definition) is 2. The maximum atomic E-state index is 12.3. The smallest absolute Gasteiger partial charge is 0.214 e. The van der Waals surface area contributed by atoms with Crippen LogP contribution in [0.3, 0.4) is 0 Å². The topological polar surface area (TPSA) is 83.0 Å². The molecule has 2 heterocycles. The van der Waals surface area contributed by atoms with Crippen LogP contribution in [0.2, 0.25) is 0 Å². The molecular formula is C21H34N4O3S. The number of hydrogen-bond acceptors (Lipinski definition) is 4. The van der Waals surface area contributed by atoms with Crippen molar-refractivity contribution < 1.29 is 13.2 Å². The highest BCUT2D eigenvalue weighted by Gasteiger charge is 2.28. The first-order valence-corrected chi connectivity index (χ1v) is 12.4. The number of nitrogens with one attached hydrogen (secondary N) is 2. The van der Waals surface area contributed by atoms with E-state index < -0.39 is 10.0 Å². The van der Waals surface area contributed by atoms with Gasteiger partial charge in [0.2, 0.25) is 10.0 Å². The Balaban J connectivity index is 1.57. The molecule has 1 unspecified atom stereocenters. The van der Waals surface area contributed by atoms with Gasteiger partial charge in [-0.25, -0.2) is 12.7 Å². The Bertz CT molecular complexity index is 789. The maximum absolute atomic E-state index is 12.3. The first kappa shape index (κ1) is 21.9. The van der Waals surface area contributed by atoms with Gasteiger partial charge >= 0.3 is 0 Å². The standard InChI is InChI=1S/C21H34N4O3S/c1-3-15-29(26,27)25-12-9-18(10-13-25)24-21(22-4-2)23-16-17-11-14-28-20-8-6-5-7-19(17)20/h5-8,17-18H,3-4,9-16H2,1-2H3,(H2,22,23,24). The van der Waals surface area contributed by atoms with Crippen LogP contribution in [0.25, 0.3) is 0 Å². The lowest BCUT2D eigenvalue weighted by molar-refractivity contribution is 0.268. The number of aliphatic imine (C=N–C) groups is 1. The molecule has 0 aromatic heterocycles. The van der Waals surface area contributed by atoms with Gasteiger partial charge in [-0.1, -0.05) is 25.1 Å². The zero-order chi connectivity index (χ0) is 20.7. The largest absolute Gasteiger partial charge is 0.493 e. The molecule has 1 aromatic rings. The number of sulfonamides is 1. The van der Waals surface area contributed by atoms with Gasteiger partial charge in [0.25, 0.3) is 0 Å². The molecule has 3 rings (SSSR count). The third kappa shape index (κ3) is 5.85. The minimum atomic E-state index is -3.10. The summed E-state index contributed by atoms with van der Waals surface area (Å²) in [7, 11) is -3.10. The highest BCUT2D eigenvalue weighted by atomic mass is 32.2. The van der Waals surface area contributed by atoms with Gasteiger partial charge in [-0.3, -0.25) is 4.99 Å². The fraction of sp³-hybridized carbons (Fsp3) is 0.667. The summed E-state index contributed by atoms with van der Waals surface area (Å²) in [6, 6.07) is 8.44. The number of piperidine rings is 1. The number of guanidine groups is 1. The summed E-state index contributed by atoms with van der Waals surface area (Å²) in [6.07, 6.45) is 3.22.